The minimum absolute atomic E-state index is 0.206. The maximum absolute atomic E-state index is 12.3. The number of benzene rings is 1. The van der Waals surface area contributed by atoms with E-state index in [0.29, 0.717) is 17.9 Å². The fraction of sp³-hybridized carbons (Fsp3) is 0.375. The summed E-state index contributed by atoms with van der Waals surface area (Å²) in [6, 6.07) is 8.21. The standard InChI is InChI=1S/C16H20N2O3/c1-10(2)8-12(17)15(19)18(3)13-9-11-6-4-5-7-14(11)21-16(13)20/h4-7,9-10,12H,8,17H2,1-3H3/t12-/m0/s1. The first-order valence-corrected chi connectivity index (χ1v) is 6.96. The molecule has 2 aromatic rings. The molecular formula is C16H20N2O3. The summed E-state index contributed by atoms with van der Waals surface area (Å²) in [4.78, 5) is 25.6. The van der Waals surface area contributed by atoms with Crippen LogP contribution in [-0.2, 0) is 4.79 Å². The van der Waals surface area contributed by atoms with E-state index >= 15 is 0 Å². The third-order valence-electron chi connectivity index (χ3n) is 3.36. The average Bonchev–Trinajstić information content (AvgIpc) is 2.44. The molecule has 112 valence electrons. The lowest BCUT2D eigenvalue weighted by atomic mass is 10.0. The number of rotatable bonds is 4. The highest BCUT2D eigenvalue weighted by Gasteiger charge is 2.22. The van der Waals surface area contributed by atoms with Gasteiger partial charge >= 0.3 is 5.63 Å². The zero-order chi connectivity index (χ0) is 15.6. The summed E-state index contributed by atoms with van der Waals surface area (Å²) in [6.45, 7) is 4.00. The van der Waals surface area contributed by atoms with Crippen molar-refractivity contribution < 1.29 is 9.21 Å². The van der Waals surface area contributed by atoms with Gasteiger partial charge in [-0.1, -0.05) is 32.0 Å². The molecular weight excluding hydrogens is 268 g/mol. The Morgan fingerprint density at radius 2 is 2.00 bits per heavy atom. The minimum Gasteiger partial charge on any atom is -0.421 e. The third kappa shape index (κ3) is 3.31. The maximum Gasteiger partial charge on any atom is 0.360 e. The summed E-state index contributed by atoms with van der Waals surface area (Å²) < 4.78 is 5.23. The number of anilines is 1. The van der Waals surface area contributed by atoms with Crippen molar-refractivity contribution >= 4 is 22.6 Å². The van der Waals surface area contributed by atoms with Crippen LogP contribution in [0.2, 0.25) is 0 Å². The minimum atomic E-state index is -0.624. The number of nitrogens with zero attached hydrogens (tertiary/aromatic N) is 1. The Bertz CT molecular complexity index is 706. The van der Waals surface area contributed by atoms with E-state index in [1.54, 1.807) is 25.2 Å². The zero-order valence-electron chi connectivity index (χ0n) is 12.5. The molecule has 0 aliphatic heterocycles. The molecule has 1 aromatic carbocycles. The number of para-hydroxylation sites is 1. The van der Waals surface area contributed by atoms with E-state index in [9.17, 15) is 9.59 Å². The molecule has 0 radical (unpaired) electrons. The van der Waals surface area contributed by atoms with Gasteiger partial charge in [-0.05, 0) is 24.5 Å². The smallest absolute Gasteiger partial charge is 0.360 e. The monoisotopic (exact) mass is 288 g/mol. The van der Waals surface area contributed by atoms with Crippen molar-refractivity contribution in [2.75, 3.05) is 11.9 Å². The van der Waals surface area contributed by atoms with Crippen LogP contribution in [0.4, 0.5) is 5.69 Å². The van der Waals surface area contributed by atoms with Gasteiger partial charge in [0.15, 0.2) is 0 Å². The van der Waals surface area contributed by atoms with Crippen molar-refractivity contribution in [1.82, 2.24) is 0 Å². The largest absolute Gasteiger partial charge is 0.421 e. The molecule has 0 saturated carbocycles. The molecule has 0 aliphatic rings. The molecule has 0 aliphatic carbocycles. The van der Waals surface area contributed by atoms with Crippen LogP contribution in [-0.4, -0.2) is 19.0 Å². The van der Waals surface area contributed by atoms with Gasteiger partial charge in [0.2, 0.25) is 5.91 Å². The highest BCUT2D eigenvalue weighted by atomic mass is 16.4. The van der Waals surface area contributed by atoms with E-state index in [1.165, 1.54) is 4.90 Å². The lowest BCUT2D eigenvalue weighted by molar-refractivity contribution is -0.119. The van der Waals surface area contributed by atoms with Crippen LogP contribution in [0.15, 0.2) is 39.5 Å². The maximum atomic E-state index is 12.3. The second-order valence-corrected chi connectivity index (χ2v) is 5.59. The molecule has 1 atom stereocenters. The van der Waals surface area contributed by atoms with Crippen molar-refractivity contribution in [1.29, 1.82) is 0 Å². The van der Waals surface area contributed by atoms with Gasteiger partial charge in [0, 0.05) is 12.4 Å². The van der Waals surface area contributed by atoms with Gasteiger partial charge in [0.05, 0.1) is 6.04 Å². The fourth-order valence-electron chi connectivity index (χ4n) is 2.26. The Kier molecular flexibility index (Phi) is 4.43. The molecule has 0 fully saturated rings. The third-order valence-corrected chi connectivity index (χ3v) is 3.36. The molecule has 0 spiro atoms. The number of hydrogen-bond acceptors (Lipinski definition) is 4. The second kappa shape index (κ2) is 6.10. The predicted octanol–water partition coefficient (Wildman–Crippen LogP) is 2.13. The Morgan fingerprint density at radius 1 is 1.33 bits per heavy atom. The predicted molar refractivity (Wildman–Crippen MR) is 83.3 cm³/mol. The number of fused-ring (bicyclic) bond motifs is 1. The number of likely N-dealkylation sites (N-methyl/N-ethyl adjacent to an activating group) is 1. The van der Waals surface area contributed by atoms with Crippen molar-refractivity contribution in [3.8, 4) is 0 Å². The number of carbonyl (C=O) groups excluding carboxylic acids is 1. The van der Waals surface area contributed by atoms with Crippen LogP contribution in [0.5, 0.6) is 0 Å². The van der Waals surface area contributed by atoms with Crippen LogP contribution in [0, 0.1) is 5.92 Å². The van der Waals surface area contributed by atoms with Crippen molar-refractivity contribution in [2.45, 2.75) is 26.3 Å². The molecule has 1 aromatic heterocycles. The van der Waals surface area contributed by atoms with Crippen molar-refractivity contribution in [3.05, 3.63) is 40.8 Å². The molecule has 1 amide bonds. The Morgan fingerprint density at radius 3 is 2.67 bits per heavy atom. The van der Waals surface area contributed by atoms with Gasteiger partial charge in [-0.15, -0.1) is 0 Å². The highest BCUT2D eigenvalue weighted by Crippen LogP contribution is 2.18. The van der Waals surface area contributed by atoms with Gasteiger partial charge in [-0.25, -0.2) is 4.79 Å². The fourth-order valence-corrected chi connectivity index (χ4v) is 2.26. The molecule has 1 heterocycles. The first kappa shape index (κ1) is 15.3. The normalized spacial score (nSPS) is 12.6. The lowest BCUT2D eigenvalue weighted by Gasteiger charge is -2.21. The zero-order valence-corrected chi connectivity index (χ0v) is 12.5. The first-order valence-electron chi connectivity index (χ1n) is 6.96. The molecule has 2 N–H and O–H groups in total. The van der Waals surface area contributed by atoms with Gasteiger partial charge < -0.3 is 15.1 Å². The SMILES string of the molecule is CC(C)C[C@H](N)C(=O)N(C)c1cc2ccccc2oc1=O. The Hall–Kier alpha value is -2.14. The molecule has 21 heavy (non-hydrogen) atoms. The Labute approximate surface area is 123 Å². The molecule has 5 heteroatoms. The summed E-state index contributed by atoms with van der Waals surface area (Å²) >= 11 is 0. The van der Waals surface area contributed by atoms with E-state index in [1.807, 2.05) is 26.0 Å². The summed E-state index contributed by atoms with van der Waals surface area (Å²) in [5, 5.41) is 0.768. The molecule has 0 bridgehead atoms. The van der Waals surface area contributed by atoms with Gasteiger partial charge in [0.25, 0.3) is 0 Å². The number of nitrogens with two attached hydrogens (primary N) is 1. The Balaban J connectivity index is 2.34. The van der Waals surface area contributed by atoms with Crippen LogP contribution >= 0.6 is 0 Å². The summed E-state index contributed by atoms with van der Waals surface area (Å²) in [7, 11) is 1.55. The molecule has 0 unspecified atom stereocenters. The molecule has 2 rings (SSSR count). The van der Waals surface area contributed by atoms with Crippen LogP contribution in [0.1, 0.15) is 20.3 Å². The van der Waals surface area contributed by atoms with E-state index in [0.717, 1.165) is 5.39 Å². The number of carbonyl (C=O) groups is 1. The number of hydrogen-bond donors (Lipinski definition) is 1. The lowest BCUT2D eigenvalue weighted by Crippen LogP contribution is -2.44. The van der Waals surface area contributed by atoms with Gasteiger partial charge in [0.1, 0.15) is 11.3 Å². The highest BCUT2D eigenvalue weighted by molar-refractivity contribution is 5.97. The van der Waals surface area contributed by atoms with E-state index in [4.69, 9.17) is 10.2 Å². The van der Waals surface area contributed by atoms with Crippen molar-refractivity contribution in [3.63, 3.8) is 0 Å². The summed E-state index contributed by atoms with van der Waals surface area (Å²) in [5.41, 5.74) is 6.06. The summed E-state index contributed by atoms with van der Waals surface area (Å²) in [6.07, 6.45) is 0.572. The van der Waals surface area contributed by atoms with Crippen LogP contribution in [0.25, 0.3) is 11.0 Å². The second-order valence-electron chi connectivity index (χ2n) is 5.59. The van der Waals surface area contributed by atoms with Gasteiger partial charge in [-0.2, -0.15) is 0 Å². The summed E-state index contributed by atoms with van der Waals surface area (Å²) in [5.74, 6) is 0.0247. The molecule has 5 nitrogen and oxygen atoms in total. The van der Waals surface area contributed by atoms with E-state index in [2.05, 4.69) is 0 Å². The first-order chi connectivity index (χ1) is 9.90. The number of amides is 1. The molecule has 0 saturated heterocycles. The van der Waals surface area contributed by atoms with Gasteiger partial charge in [-0.3, -0.25) is 4.79 Å². The van der Waals surface area contributed by atoms with E-state index in [-0.39, 0.29) is 11.6 Å². The van der Waals surface area contributed by atoms with E-state index < -0.39 is 11.7 Å². The average molecular weight is 288 g/mol. The quantitative estimate of drug-likeness (QED) is 0.874. The van der Waals surface area contributed by atoms with Crippen molar-refractivity contribution in [2.24, 2.45) is 11.7 Å². The van der Waals surface area contributed by atoms with Crippen LogP contribution < -0.4 is 16.3 Å². The van der Waals surface area contributed by atoms with Crippen LogP contribution in [0.3, 0.4) is 0 Å². The topological polar surface area (TPSA) is 76.5 Å².